The van der Waals surface area contributed by atoms with E-state index in [-0.39, 0.29) is 36.4 Å². The first-order chi connectivity index (χ1) is 14.9. The van der Waals surface area contributed by atoms with E-state index in [9.17, 15) is 18.8 Å². The fourth-order valence-electron chi connectivity index (χ4n) is 3.88. The van der Waals surface area contributed by atoms with Gasteiger partial charge in [-0.25, -0.2) is 4.39 Å². The number of nitrogens with zero attached hydrogens (tertiary/aromatic N) is 1. The van der Waals surface area contributed by atoms with Gasteiger partial charge in [-0.2, -0.15) is 0 Å². The molecule has 2 heterocycles. The lowest BCUT2D eigenvalue weighted by molar-refractivity contribution is -0.133. The molecular weight excluding hydrogens is 399 g/mol. The van der Waals surface area contributed by atoms with Gasteiger partial charge in [-0.15, -0.1) is 0 Å². The van der Waals surface area contributed by atoms with Crippen molar-refractivity contribution in [3.63, 3.8) is 0 Å². The predicted molar refractivity (Wildman–Crippen MR) is 116 cm³/mol. The highest BCUT2D eigenvalue weighted by molar-refractivity contribution is 5.95. The van der Waals surface area contributed by atoms with Crippen molar-refractivity contribution in [2.24, 2.45) is 0 Å². The largest absolute Gasteiger partial charge is 0.358 e. The number of aromatic nitrogens is 1. The van der Waals surface area contributed by atoms with Gasteiger partial charge < -0.3 is 20.5 Å². The summed E-state index contributed by atoms with van der Waals surface area (Å²) in [7, 11) is 0. The number of H-pyrrole nitrogens is 1. The van der Waals surface area contributed by atoms with Gasteiger partial charge in [-0.3, -0.25) is 14.4 Å². The Morgan fingerprint density at radius 1 is 1.06 bits per heavy atom. The summed E-state index contributed by atoms with van der Waals surface area (Å²) in [6.07, 6.45) is 0.803. The molecule has 4 rings (SSSR count). The highest BCUT2D eigenvalue weighted by Crippen LogP contribution is 2.28. The SMILES string of the molecule is CC(=O)Nc1cccc(NC(=O)CCC(=O)N2CCc3[nH]c4ccc(F)cc4c3C2)c1. The molecule has 3 amide bonds. The summed E-state index contributed by atoms with van der Waals surface area (Å²) < 4.78 is 13.7. The number of hydrogen-bond acceptors (Lipinski definition) is 3. The Balaban J connectivity index is 1.34. The number of benzene rings is 2. The predicted octanol–water partition coefficient (Wildman–Crippen LogP) is 3.57. The van der Waals surface area contributed by atoms with E-state index in [2.05, 4.69) is 15.6 Å². The van der Waals surface area contributed by atoms with Crippen molar-refractivity contribution in [3.8, 4) is 0 Å². The lowest BCUT2D eigenvalue weighted by Crippen LogP contribution is -2.36. The van der Waals surface area contributed by atoms with Gasteiger partial charge in [-0.05, 0) is 36.4 Å². The molecule has 1 aromatic heterocycles. The van der Waals surface area contributed by atoms with E-state index in [4.69, 9.17) is 0 Å². The van der Waals surface area contributed by atoms with Crippen LogP contribution in [0.4, 0.5) is 15.8 Å². The molecule has 0 saturated carbocycles. The molecule has 7 nitrogen and oxygen atoms in total. The second kappa shape index (κ2) is 8.59. The summed E-state index contributed by atoms with van der Waals surface area (Å²) in [5, 5.41) is 6.20. The molecule has 8 heteroatoms. The van der Waals surface area contributed by atoms with Crippen LogP contribution in [-0.4, -0.2) is 34.2 Å². The number of nitrogens with one attached hydrogen (secondary N) is 3. The lowest BCUT2D eigenvalue weighted by atomic mass is 10.0. The molecule has 1 aliphatic rings. The summed E-state index contributed by atoms with van der Waals surface area (Å²) in [6.45, 7) is 2.37. The number of anilines is 2. The van der Waals surface area contributed by atoms with Crippen LogP contribution in [0.2, 0.25) is 0 Å². The molecule has 31 heavy (non-hydrogen) atoms. The Morgan fingerprint density at radius 2 is 1.84 bits per heavy atom. The molecule has 2 aromatic carbocycles. The van der Waals surface area contributed by atoms with Crippen molar-refractivity contribution < 1.29 is 18.8 Å². The van der Waals surface area contributed by atoms with E-state index in [0.717, 1.165) is 22.2 Å². The van der Waals surface area contributed by atoms with Gasteiger partial charge in [0.15, 0.2) is 0 Å². The highest BCUT2D eigenvalue weighted by Gasteiger charge is 2.24. The van der Waals surface area contributed by atoms with Gasteiger partial charge in [0.2, 0.25) is 17.7 Å². The van der Waals surface area contributed by atoms with Crippen LogP contribution in [0.15, 0.2) is 42.5 Å². The molecule has 160 valence electrons. The Labute approximate surface area is 178 Å². The minimum atomic E-state index is -0.308. The maximum absolute atomic E-state index is 13.7. The number of carbonyl (C=O) groups excluding carboxylic acids is 3. The number of fused-ring (bicyclic) bond motifs is 3. The standard InChI is InChI=1S/C23H23FN4O3/c1-14(29)25-16-3-2-4-17(12-16)26-22(30)7-8-23(31)28-10-9-21-19(13-28)18-11-15(24)5-6-20(18)27-21/h2-6,11-12,27H,7-10,13H2,1H3,(H,25,29)(H,26,30). The number of aromatic amines is 1. The van der Waals surface area contributed by atoms with Crippen molar-refractivity contribution in [2.75, 3.05) is 17.2 Å². The van der Waals surface area contributed by atoms with E-state index in [0.29, 0.717) is 30.9 Å². The minimum absolute atomic E-state index is 0.0507. The van der Waals surface area contributed by atoms with Crippen molar-refractivity contribution in [3.05, 3.63) is 59.5 Å². The molecule has 0 fully saturated rings. The number of amides is 3. The Morgan fingerprint density at radius 3 is 2.61 bits per heavy atom. The first kappa shape index (κ1) is 20.6. The van der Waals surface area contributed by atoms with Crippen molar-refractivity contribution in [2.45, 2.75) is 32.7 Å². The molecule has 0 unspecified atom stereocenters. The molecule has 3 aromatic rings. The third kappa shape index (κ3) is 4.74. The van der Waals surface area contributed by atoms with Gasteiger partial charge in [0.25, 0.3) is 0 Å². The van der Waals surface area contributed by atoms with Crippen molar-refractivity contribution >= 4 is 40.0 Å². The number of carbonyl (C=O) groups is 3. The fraction of sp³-hybridized carbons (Fsp3) is 0.261. The summed E-state index contributed by atoms with van der Waals surface area (Å²) >= 11 is 0. The van der Waals surface area contributed by atoms with Crippen LogP contribution in [0.1, 0.15) is 31.0 Å². The number of hydrogen-bond donors (Lipinski definition) is 3. The second-order valence-corrected chi connectivity index (χ2v) is 7.65. The third-order valence-corrected chi connectivity index (χ3v) is 5.32. The summed E-state index contributed by atoms with van der Waals surface area (Å²) in [4.78, 5) is 41.1. The van der Waals surface area contributed by atoms with Crippen LogP contribution in [0.3, 0.4) is 0 Å². The van der Waals surface area contributed by atoms with Crippen LogP contribution in [0.25, 0.3) is 10.9 Å². The summed E-state index contributed by atoms with van der Waals surface area (Å²) in [5.74, 6) is -0.896. The van der Waals surface area contributed by atoms with Crippen molar-refractivity contribution in [1.29, 1.82) is 0 Å². The van der Waals surface area contributed by atoms with Gasteiger partial charge >= 0.3 is 0 Å². The van der Waals surface area contributed by atoms with Gasteiger partial charge in [-0.1, -0.05) is 6.07 Å². The van der Waals surface area contributed by atoms with Gasteiger partial charge in [0.05, 0.1) is 0 Å². The molecular formula is C23H23FN4O3. The Bertz CT molecular complexity index is 1170. The molecule has 0 aliphatic carbocycles. The zero-order valence-electron chi connectivity index (χ0n) is 17.1. The molecule has 1 aliphatic heterocycles. The molecule has 0 atom stereocenters. The average Bonchev–Trinajstić information content (AvgIpc) is 3.09. The molecule has 0 spiro atoms. The normalized spacial score (nSPS) is 13.0. The summed E-state index contributed by atoms with van der Waals surface area (Å²) in [6, 6.07) is 11.4. The smallest absolute Gasteiger partial charge is 0.224 e. The highest BCUT2D eigenvalue weighted by atomic mass is 19.1. The minimum Gasteiger partial charge on any atom is -0.358 e. The van der Waals surface area contributed by atoms with Crippen LogP contribution < -0.4 is 10.6 Å². The maximum atomic E-state index is 13.7. The Kier molecular flexibility index (Phi) is 5.70. The first-order valence-electron chi connectivity index (χ1n) is 10.1. The maximum Gasteiger partial charge on any atom is 0.224 e. The zero-order valence-corrected chi connectivity index (χ0v) is 17.1. The third-order valence-electron chi connectivity index (χ3n) is 5.32. The van der Waals surface area contributed by atoms with E-state index in [1.54, 1.807) is 35.2 Å². The van der Waals surface area contributed by atoms with Crippen LogP contribution in [-0.2, 0) is 27.3 Å². The van der Waals surface area contributed by atoms with Gasteiger partial charge in [0.1, 0.15) is 5.82 Å². The van der Waals surface area contributed by atoms with E-state index >= 15 is 0 Å². The quantitative estimate of drug-likeness (QED) is 0.587. The fourth-order valence-corrected chi connectivity index (χ4v) is 3.88. The van der Waals surface area contributed by atoms with Crippen LogP contribution in [0.5, 0.6) is 0 Å². The Hall–Kier alpha value is -3.68. The van der Waals surface area contributed by atoms with E-state index in [1.165, 1.54) is 19.1 Å². The second-order valence-electron chi connectivity index (χ2n) is 7.65. The monoisotopic (exact) mass is 422 g/mol. The topological polar surface area (TPSA) is 94.3 Å². The van der Waals surface area contributed by atoms with Crippen molar-refractivity contribution in [1.82, 2.24) is 9.88 Å². The zero-order chi connectivity index (χ0) is 22.0. The van der Waals surface area contributed by atoms with Gasteiger partial charge in [0, 0.05) is 72.8 Å². The average molecular weight is 422 g/mol. The molecule has 0 bridgehead atoms. The number of halogens is 1. The van der Waals surface area contributed by atoms with Crippen LogP contribution in [0, 0.1) is 5.82 Å². The molecule has 3 N–H and O–H groups in total. The lowest BCUT2D eigenvalue weighted by Gasteiger charge is -2.27. The van der Waals surface area contributed by atoms with Crippen LogP contribution >= 0.6 is 0 Å². The molecule has 0 radical (unpaired) electrons. The number of rotatable bonds is 5. The summed E-state index contributed by atoms with van der Waals surface area (Å²) in [5.41, 5.74) is 3.96. The van der Waals surface area contributed by atoms with E-state index < -0.39 is 0 Å². The van der Waals surface area contributed by atoms with E-state index in [1.807, 2.05) is 0 Å². The molecule has 0 saturated heterocycles. The first-order valence-corrected chi connectivity index (χ1v) is 10.1.